The van der Waals surface area contributed by atoms with Gasteiger partial charge in [-0.2, -0.15) is 0 Å². The minimum absolute atomic E-state index is 0.138. The van der Waals surface area contributed by atoms with E-state index in [0.717, 1.165) is 11.1 Å². The summed E-state index contributed by atoms with van der Waals surface area (Å²) in [7, 11) is 0. The quantitative estimate of drug-likeness (QED) is 0.526. The average molecular weight is 210 g/mol. The Balaban J connectivity index is 2.30. The third kappa shape index (κ3) is 4.06. The number of carbonyl (C=O) groups excluding carboxylic acids is 1. The van der Waals surface area contributed by atoms with Gasteiger partial charge in [-0.25, -0.2) is 4.79 Å². The SMILES string of the molecule is CC(C)=C(C)C(=O)OCC1CCCCC1. The highest BCUT2D eigenvalue weighted by molar-refractivity contribution is 5.88. The van der Waals surface area contributed by atoms with Crippen LogP contribution < -0.4 is 0 Å². The molecule has 0 aromatic carbocycles. The monoisotopic (exact) mass is 210 g/mol. The lowest BCUT2D eigenvalue weighted by atomic mass is 9.90. The molecule has 1 rings (SSSR count). The van der Waals surface area contributed by atoms with E-state index in [2.05, 4.69) is 0 Å². The predicted molar refractivity (Wildman–Crippen MR) is 61.6 cm³/mol. The van der Waals surface area contributed by atoms with Crippen LogP contribution in [0.4, 0.5) is 0 Å². The molecule has 0 aromatic rings. The zero-order valence-corrected chi connectivity index (χ0v) is 10.1. The van der Waals surface area contributed by atoms with Crippen molar-refractivity contribution in [1.82, 2.24) is 0 Å². The molecule has 15 heavy (non-hydrogen) atoms. The second kappa shape index (κ2) is 5.94. The van der Waals surface area contributed by atoms with Crippen LogP contribution in [0.5, 0.6) is 0 Å². The van der Waals surface area contributed by atoms with E-state index in [4.69, 9.17) is 4.74 Å². The Morgan fingerprint density at radius 2 is 1.73 bits per heavy atom. The van der Waals surface area contributed by atoms with E-state index < -0.39 is 0 Å². The van der Waals surface area contributed by atoms with Crippen LogP contribution in [-0.4, -0.2) is 12.6 Å². The lowest BCUT2D eigenvalue weighted by molar-refractivity contribution is -0.140. The molecule has 0 saturated heterocycles. The van der Waals surface area contributed by atoms with E-state index in [1.165, 1.54) is 32.1 Å². The summed E-state index contributed by atoms with van der Waals surface area (Å²) in [6.45, 7) is 6.33. The van der Waals surface area contributed by atoms with Gasteiger partial charge in [0.15, 0.2) is 0 Å². The maximum Gasteiger partial charge on any atom is 0.333 e. The van der Waals surface area contributed by atoms with Crippen molar-refractivity contribution in [2.24, 2.45) is 5.92 Å². The highest BCUT2D eigenvalue weighted by atomic mass is 16.5. The van der Waals surface area contributed by atoms with Crippen molar-refractivity contribution < 1.29 is 9.53 Å². The number of esters is 1. The Morgan fingerprint density at radius 3 is 2.27 bits per heavy atom. The third-order valence-electron chi connectivity index (χ3n) is 3.23. The number of carbonyl (C=O) groups is 1. The predicted octanol–water partition coefficient (Wildman–Crippen LogP) is 3.47. The summed E-state index contributed by atoms with van der Waals surface area (Å²) < 4.78 is 5.31. The van der Waals surface area contributed by atoms with Gasteiger partial charge in [0, 0.05) is 5.57 Å². The summed E-state index contributed by atoms with van der Waals surface area (Å²) in [5.74, 6) is 0.466. The Labute approximate surface area is 92.7 Å². The maximum atomic E-state index is 11.5. The lowest BCUT2D eigenvalue weighted by Gasteiger charge is -2.21. The van der Waals surface area contributed by atoms with Crippen molar-refractivity contribution in [1.29, 1.82) is 0 Å². The first kappa shape index (κ1) is 12.3. The maximum absolute atomic E-state index is 11.5. The molecule has 0 radical (unpaired) electrons. The van der Waals surface area contributed by atoms with Crippen LogP contribution >= 0.6 is 0 Å². The number of rotatable bonds is 3. The van der Waals surface area contributed by atoms with Crippen LogP contribution in [0, 0.1) is 5.92 Å². The number of ether oxygens (including phenoxy) is 1. The van der Waals surface area contributed by atoms with Gasteiger partial charge >= 0.3 is 5.97 Å². The summed E-state index contributed by atoms with van der Waals surface area (Å²) >= 11 is 0. The van der Waals surface area contributed by atoms with Crippen LogP contribution in [0.1, 0.15) is 52.9 Å². The van der Waals surface area contributed by atoms with Crippen molar-refractivity contribution in [3.63, 3.8) is 0 Å². The standard InChI is InChI=1S/C13H22O2/c1-10(2)11(3)13(14)15-9-12-7-5-4-6-8-12/h12H,4-9H2,1-3H3. The van der Waals surface area contributed by atoms with Crippen molar-refractivity contribution in [2.75, 3.05) is 6.61 Å². The van der Waals surface area contributed by atoms with Crippen molar-refractivity contribution in [3.8, 4) is 0 Å². The molecule has 0 amide bonds. The molecule has 1 fully saturated rings. The van der Waals surface area contributed by atoms with Crippen LogP contribution in [0.15, 0.2) is 11.1 Å². The van der Waals surface area contributed by atoms with E-state index in [-0.39, 0.29) is 5.97 Å². The molecule has 0 N–H and O–H groups in total. The molecular weight excluding hydrogens is 188 g/mol. The first-order valence-corrected chi connectivity index (χ1v) is 5.92. The van der Waals surface area contributed by atoms with Gasteiger partial charge in [-0.1, -0.05) is 24.8 Å². The summed E-state index contributed by atoms with van der Waals surface area (Å²) in [6, 6.07) is 0. The first-order valence-electron chi connectivity index (χ1n) is 5.92. The number of hydrogen-bond donors (Lipinski definition) is 0. The molecule has 0 atom stereocenters. The normalized spacial score (nSPS) is 17.3. The molecule has 86 valence electrons. The Bertz CT molecular complexity index is 243. The second-order valence-electron chi connectivity index (χ2n) is 4.73. The molecule has 1 aliphatic rings. The zero-order valence-electron chi connectivity index (χ0n) is 10.1. The molecular formula is C13H22O2. The largest absolute Gasteiger partial charge is 0.462 e. The first-order chi connectivity index (χ1) is 7.11. The smallest absolute Gasteiger partial charge is 0.333 e. The van der Waals surface area contributed by atoms with Gasteiger partial charge in [0.1, 0.15) is 0 Å². The van der Waals surface area contributed by atoms with Gasteiger partial charge in [0.05, 0.1) is 6.61 Å². The molecule has 0 aromatic heterocycles. The number of allylic oxidation sites excluding steroid dienone is 1. The van der Waals surface area contributed by atoms with Gasteiger partial charge in [-0.05, 0) is 39.5 Å². The van der Waals surface area contributed by atoms with Crippen LogP contribution in [-0.2, 0) is 9.53 Å². The van der Waals surface area contributed by atoms with E-state index in [9.17, 15) is 4.79 Å². The van der Waals surface area contributed by atoms with E-state index in [1.807, 2.05) is 20.8 Å². The van der Waals surface area contributed by atoms with E-state index in [1.54, 1.807) is 0 Å². The van der Waals surface area contributed by atoms with Crippen LogP contribution in [0.25, 0.3) is 0 Å². The highest BCUT2D eigenvalue weighted by Crippen LogP contribution is 2.23. The van der Waals surface area contributed by atoms with Crippen LogP contribution in [0.2, 0.25) is 0 Å². The highest BCUT2D eigenvalue weighted by Gasteiger charge is 2.16. The fraction of sp³-hybridized carbons (Fsp3) is 0.769. The molecule has 2 nitrogen and oxygen atoms in total. The summed E-state index contributed by atoms with van der Waals surface area (Å²) in [6.07, 6.45) is 6.38. The van der Waals surface area contributed by atoms with Crippen molar-refractivity contribution in [3.05, 3.63) is 11.1 Å². The van der Waals surface area contributed by atoms with Crippen LogP contribution in [0.3, 0.4) is 0 Å². The second-order valence-corrected chi connectivity index (χ2v) is 4.73. The summed E-state index contributed by atoms with van der Waals surface area (Å²) in [4.78, 5) is 11.5. The van der Waals surface area contributed by atoms with Gasteiger partial charge in [0.25, 0.3) is 0 Å². The Morgan fingerprint density at radius 1 is 1.13 bits per heavy atom. The van der Waals surface area contributed by atoms with Crippen molar-refractivity contribution in [2.45, 2.75) is 52.9 Å². The van der Waals surface area contributed by atoms with Gasteiger partial charge in [-0.3, -0.25) is 0 Å². The van der Waals surface area contributed by atoms with Gasteiger partial charge in [0.2, 0.25) is 0 Å². The Kier molecular flexibility index (Phi) is 4.86. The number of hydrogen-bond acceptors (Lipinski definition) is 2. The fourth-order valence-corrected chi connectivity index (χ4v) is 1.86. The average Bonchev–Trinajstić information content (AvgIpc) is 2.26. The molecule has 1 saturated carbocycles. The molecule has 0 spiro atoms. The van der Waals surface area contributed by atoms with E-state index >= 15 is 0 Å². The third-order valence-corrected chi connectivity index (χ3v) is 3.23. The molecule has 0 heterocycles. The van der Waals surface area contributed by atoms with Crippen molar-refractivity contribution >= 4 is 5.97 Å². The molecule has 0 unspecified atom stereocenters. The fourth-order valence-electron chi connectivity index (χ4n) is 1.86. The van der Waals surface area contributed by atoms with Gasteiger partial charge < -0.3 is 4.74 Å². The van der Waals surface area contributed by atoms with E-state index in [0.29, 0.717) is 12.5 Å². The zero-order chi connectivity index (χ0) is 11.3. The molecule has 2 heteroatoms. The molecule has 1 aliphatic carbocycles. The minimum Gasteiger partial charge on any atom is -0.462 e. The summed E-state index contributed by atoms with van der Waals surface area (Å²) in [5.41, 5.74) is 1.80. The summed E-state index contributed by atoms with van der Waals surface area (Å²) in [5, 5.41) is 0. The lowest BCUT2D eigenvalue weighted by Crippen LogP contribution is -2.17. The topological polar surface area (TPSA) is 26.3 Å². The Hall–Kier alpha value is -0.790. The molecule has 0 bridgehead atoms. The van der Waals surface area contributed by atoms with Gasteiger partial charge in [-0.15, -0.1) is 0 Å². The minimum atomic E-state index is -0.138. The molecule has 0 aliphatic heterocycles.